The molecule has 0 saturated heterocycles. The first-order valence-electron chi connectivity index (χ1n) is 7.00. The van der Waals surface area contributed by atoms with Crippen molar-refractivity contribution in [2.24, 2.45) is 0 Å². The molecule has 6 heteroatoms. The number of thiazole rings is 1. The molecule has 1 amide bonds. The average molecular weight is 312 g/mol. The van der Waals surface area contributed by atoms with Crippen molar-refractivity contribution in [3.05, 3.63) is 53.3 Å². The van der Waals surface area contributed by atoms with E-state index in [9.17, 15) is 4.79 Å². The molecule has 3 rings (SSSR count). The lowest BCUT2D eigenvalue weighted by atomic mass is 10.1. The second-order valence-corrected chi connectivity index (χ2v) is 6.13. The van der Waals surface area contributed by atoms with Gasteiger partial charge in [0.05, 0.1) is 0 Å². The lowest BCUT2D eigenvalue weighted by molar-refractivity contribution is 0.102. The first-order chi connectivity index (χ1) is 10.6. The maximum Gasteiger partial charge on any atom is 0.276 e. The van der Waals surface area contributed by atoms with Crippen LogP contribution in [-0.2, 0) is 0 Å². The lowest BCUT2D eigenvalue weighted by Crippen LogP contribution is -2.12. The zero-order chi connectivity index (χ0) is 15.5. The number of amides is 1. The van der Waals surface area contributed by atoms with Gasteiger partial charge in [-0.2, -0.15) is 5.10 Å². The fourth-order valence-electron chi connectivity index (χ4n) is 2.04. The Labute approximate surface area is 132 Å². The van der Waals surface area contributed by atoms with Crippen molar-refractivity contribution in [3.8, 4) is 10.6 Å². The van der Waals surface area contributed by atoms with Crippen LogP contribution in [0.5, 0.6) is 0 Å². The molecule has 0 saturated carbocycles. The molecule has 2 aromatic heterocycles. The van der Waals surface area contributed by atoms with Gasteiger partial charge in [0.2, 0.25) is 0 Å². The van der Waals surface area contributed by atoms with Gasteiger partial charge in [0.1, 0.15) is 5.01 Å². The van der Waals surface area contributed by atoms with E-state index in [0.29, 0.717) is 11.6 Å². The molecule has 0 aliphatic heterocycles. The summed E-state index contributed by atoms with van der Waals surface area (Å²) in [5.41, 5.74) is 3.05. The standard InChI is InChI=1S/C16H16N4OS/c1-10(2)13-9-14(20-19-13)15(21)18-12-5-3-4-11(8-12)16-17-6-7-22-16/h3-10H,1-2H3,(H,18,21)(H,19,20). The predicted octanol–water partition coefficient (Wildman–Crippen LogP) is 3.91. The summed E-state index contributed by atoms with van der Waals surface area (Å²) in [5, 5.41) is 12.7. The molecule has 2 N–H and O–H groups in total. The summed E-state index contributed by atoms with van der Waals surface area (Å²) in [7, 11) is 0. The second kappa shape index (κ2) is 6.11. The highest BCUT2D eigenvalue weighted by Gasteiger charge is 2.12. The van der Waals surface area contributed by atoms with Crippen molar-refractivity contribution in [1.29, 1.82) is 0 Å². The monoisotopic (exact) mass is 312 g/mol. The molecule has 22 heavy (non-hydrogen) atoms. The van der Waals surface area contributed by atoms with Gasteiger partial charge >= 0.3 is 0 Å². The Balaban J connectivity index is 1.77. The zero-order valence-corrected chi connectivity index (χ0v) is 13.1. The smallest absolute Gasteiger partial charge is 0.276 e. The van der Waals surface area contributed by atoms with E-state index in [0.717, 1.165) is 22.0 Å². The number of carbonyl (C=O) groups is 1. The number of benzene rings is 1. The Morgan fingerprint density at radius 2 is 2.18 bits per heavy atom. The van der Waals surface area contributed by atoms with E-state index in [1.807, 2.05) is 43.5 Å². The minimum Gasteiger partial charge on any atom is -0.321 e. The summed E-state index contributed by atoms with van der Waals surface area (Å²) in [6.07, 6.45) is 1.77. The Morgan fingerprint density at radius 3 is 2.86 bits per heavy atom. The highest BCUT2D eigenvalue weighted by molar-refractivity contribution is 7.13. The Bertz CT molecular complexity index is 777. The van der Waals surface area contributed by atoms with Crippen LogP contribution in [0.15, 0.2) is 41.9 Å². The first-order valence-corrected chi connectivity index (χ1v) is 7.88. The van der Waals surface area contributed by atoms with Gasteiger partial charge in [0, 0.05) is 28.5 Å². The van der Waals surface area contributed by atoms with Crippen LogP contribution >= 0.6 is 11.3 Å². The molecular weight excluding hydrogens is 296 g/mol. The summed E-state index contributed by atoms with van der Waals surface area (Å²) in [5.74, 6) is 0.0849. The molecule has 112 valence electrons. The van der Waals surface area contributed by atoms with Crippen molar-refractivity contribution in [3.63, 3.8) is 0 Å². The number of aromatic amines is 1. The van der Waals surface area contributed by atoms with E-state index >= 15 is 0 Å². The number of aromatic nitrogens is 3. The molecule has 0 aliphatic carbocycles. The number of hydrogen-bond acceptors (Lipinski definition) is 4. The van der Waals surface area contributed by atoms with Gasteiger partial charge in [0.25, 0.3) is 5.91 Å². The van der Waals surface area contributed by atoms with Crippen LogP contribution in [0, 0.1) is 0 Å². The van der Waals surface area contributed by atoms with Crippen LogP contribution in [0.25, 0.3) is 10.6 Å². The molecular formula is C16H16N4OS. The van der Waals surface area contributed by atoms with Gasteiger partial charge < -0.3 is 5.32 Å². The number of H-pyrrole nitrogens is 1. The third kappa shape index (κ3) is 3.07. The third-order valence-corrected chi connectivity index (χ3v) is 4.07. The molecule has 5 nitrogen and oxygen atoms in total. The van der Waals surface area contributed by atoms with Crippen molar-refractivity contribution in [1.82, 2.24) is 15.2 Å². The Hall–Kier alpha value is -2.47. The minimum atomic E-state index is -0.223. The highest BCUT2D eigenvalue weighted by atomic mass is 32.1. The summed E-state index contributed by atoms with van der Waals surface area (Å²) in [4.78, 5) is 16.5. The van der Waals surface area contributed by atoms with E-state index in [1.165, 1.54) is 0 Å². The van der Waals surface area contributed by atoms with Gasteiger partial charge in [-0.05, 0) is 24.1 Å². The summed E-state index contributed by atoms with van der Waals surface area (Å²) in [6, 6.07) is 9.42. The highest BCUT2D eigenvalue weighted by Crippen LogP contribution is 2.24. The molecule has 2 heterocycles. The summed E-state index contributed by atoms with van der Waals surface area (Å²) in [6.45, 7) is 4.10. The fraction of sp³-hybridized carbons (Fsp3) is 0.188. The van der Waals surface area contributed by atoms with Gasteiger partial charge in [-0.25, -0.2) is 4.98 Å². The molecule has 0 fully saturated rings. The number of nitrogens with zero attached hydrogens (tertiary/aromatic N) is 2. The normalized spacial score (nSPS) is 10.9. The predicted molar refractivity (Wildman–Crippen MR) is 88.2 cm³/mol. The minimum absolute atomic E-state index is 0.223. The second-order valence-electron chi connectivity index (χ2n) is 5.24. The summed E-state index contributed by atoms with van der Waals surface area (Å²) >= 11 is 1.57. The van der Waals surface area contributed by atoms with Crippen molar-refractivity contribution in [2.75, 3.05) is 5.32 Å². The average Bonchev–Trinajstić information content (AvgIpc) is 3.19. The molecule has 0 aliphatic rings. The maximum atomic E-state index is 12.2. The molecule has 0 spiro atoms. The molecule has 1 aromatic carbocycles. The number of carbonyl (C=O) groups excluding carboxylic acids is 1. The quantitative estimate of drug-likeness (QED) is 0.767. The van der Waals surface area contributed by atoms with E-state index in [4.69, 9.17) is 0 Å². The van der Waals surface area contributed by atoms with Gasteiger partial charge in [0.15, 0.2) is 5.69 Å². The van der Waals surface area contributed by atoms with Crippen molar-refractivity contribution in [2.45, 2.75) is 19.8 Å². The van der Waals surface area contributed by atoms with Crippen LogP contribution < -0.4 is 5.32 Å². The lowest BCUT2D eigenvalue weighted by Gasteiger charge is -2.04. The molecule has 0 unspecified atom stereocenters. The molecule has 0 radical (unpaired) electrons. The van der Waals surface area contributed by atoms with Crippen molar-refractivity contribution >= 4 is 22.9 Å². The molecule has 0 bridgehead atoms. The first kappa shape index (κ1) is 14.5. The van der Waals surface area contributed by atoms with E-state index < -0.39 is 0 Å². The van der Waals surface area contributed by atoms with Crippen LogP contribution in [0.4, 0.5) is 5.69 Å². The summed E-state index contributed by atoms with van der Waals surface area (Å²) < 4.78 is 0. The Kier molecular flexibility index (Phi) is 4.02. The number of rotatable bonds is 4. The number of hydrogen-bond donors (Lipinski definition) is 2. The van der Waals surface area contributed by atoms with E-state index in [2.05, 4.69) is 20.5 Å². The van der Waals surface area contributed by atoms with Crippen molar-refractivity contribution < 1.29 is 4.79 Å². The van der Waals surface area contributed by atoms with Gasteiger partial charge in [-0.3, -0.25) is 9.89 Å². The molecule has 0 atom stereocenters. The van der Waals surface area contributed by atoms with Gasteiger partial charge in [-0.1, -0.05) is 26.0 Å². The number of nitrogens with one attached hydrogen (secondary N) is 2. The SMILES string of the molecule is CC(C)c1cc(C(=O)Nc2cccc(-c3nccs3)c2)n[nH]1. The van der Waals surface area contributed by atoms with Crippen LogP contribution in [0.3, 0.4) is 0 Å². The molecule has 3 aromatic rings. The third-order valence-electron chi connectivity index (χ3n) is 3.25. The topological polar surface area (TPSA) is 70.7 Å². The zero-order valence-electron chi connectivity index (χ0n) is 12.3. The maximum absolute atomic E-state index is 12.2. The largest absolute Gasteiger partial charge is 0.321 e. The van der Waals surface area contributed by atoms with Crippen LogP contribution in [0.2, 0.25) is 0 Å². The van der Waals surface area contributed by atoms with Gasteiger partial charge in [-0.15, -0.1) is 11.3 Å². The Morgan fingerprint density at radius 1 is 1.32 bits per heavy atom. The van der Waals surface area contributed by atoms with E-state index in [1.54, 1.807) is 23.6 Å². The van der Waals surface area contributed by atoms with Crippen LogP contribution in [0.1, 0.15) is 35.9 Å². The fourth-order valence-corrected chi connectivity index (χ4v) is 2.68. The van der Waals surface area contributed by atoms with Crippen LogP contribution in [-0.4, -0.2) is 21.1 Å². The van der Waals surface area contributed by atoms with E-state index in [-0.39, 0.29) is 5.91 Å². The number of anilines is 1.